The summed E-state index contributed by atoms with van der Waals surface area (Å²) >= 11 is 0. The zero-order chi connectivity index (χ0) is 17.3. The molecule has 1 aliphatic rings. The Hall–Kier alpha value is -2.78. The Bertz CT molecular complexity index is 750. The van der Waals surface area contributed by atoms with Crippen LogP contribution in [0.1, 0.15) is 22.6 Å². The van der Waals surface area contributed by atoms with Crippen LogP contribution in [0.2, 0.25) is 0 Å². The lowest BCUT2D eigenvalue weighted by Gasteiger charge is -2.18. The first-order chi connectivity index (χ1) is 12.3. The predicted octanol–water partition coefficient (Wildman–Crippen LogP) is 5.12. The molecular formula is C22H19NOS. The van der Waals surface area contributed by atoms with E-state index >= 15 is 0 Å². The SMILES string of the molecule is O=S1C=CC=N1.c1ccc(C(c2ccccc2)c2ccccc2)cc1. The van der Waals surface area contributed by atoms with Gasteiger partial charge >= 0.3 is 0 Å². The molecule has 1 atom stereocenters. The number of hydrogen-bond acceptors (Lipinski definition) is 1. The Labute approximate surface area is 151 Å². The van der Waals surface area contributed by atoms with E-state index in [0.717, 1.165) is 0 Å². The third kappa shape index (κ3) is 4.85. The Morgan fingerprint density at radius 2 is 1.04 bits per heavy atom. The molecule has 0 saturated carbocycles. The van der Waals surface area contributed by atoms with Crippen molar-refractivity contribution in [2.45, 2.75) is 5.92 Å². The van der Waals surface area contributed by atoms with E-state index in [2.05, 4.69) is 95.4 Å². The van der Waals surface area contributed by atoms with Crippen LogP contribution in [0.5, 0.6) is 0 Å². The van der Waals surface area contributed by atoms with Gasteiger partial charge < -0.3 is 0 Å². The van der Waals surface area contributed by atoms with Crippen molar-refractivity contribution in [1.82, 2.24) is 0 Å². The standard InChI is InChI=1S/C19H16.C3H3NOS/c1-4-10-16(11-5-1)19(17-12-6-2-7-13-17)18-14-8-3-9-15-18;5-6-3-1-2-4-6/h1-15,19H;1-3H. The third-order valence-corrected chi connectivity index (χ3v) is 4.56. The van der Waals surface area contributed by atoms with Gasteiger partial charge in [0.15, 0.2) is 11.0 Å². The van der Waals surface area contributed by atoms with Gasteiger partial charge in [0.25, 0.3) is 0 Å². The van der Waals surface area contributed by atoms with Gasteiger partial charge in [-0.25, -0.2) is 4.21 Å². The lowest BCUT2D eigenvalue weighted by molar-refractivity contribution is 0.690. The Kier molecular flexibility index (Phi) is 6.07. The van der Waals surface area contributed by atoms with E-state index < -0.39 is 11.0 Å². The number of allylic oxidation sites excluding steroid dienone is 1. The van der Waals surface area contributed by atoms with Gasteiger partial charge in [-0.1, -0.05) is 91.0 Å². The largest absolute Gasteiger partial charge is 0.230 e. The molecule has 1 unspecified atom stereocenters. The third-order valence-electron chi connectivity index (χ3n) is 3.84. The highest BCUT2D eigenvalue weighted by molar-refractivity contribution is 7.87. The average Bonchev–Trinajstić information content (AvgIpc) is 3.16. The fourth-order valence-electron chi connectivity index (χ4n) is 2.75. The molecule has 0 fully saturated rings. The topological polar surface area (TPSA) is 29.4 Å². The second kappa shape index (κ2) is 8.90. The zero-order valence-electron chi connectivity index (χ0n) is 13.7. The number of nitrogens with zero attached hydrogens (tertiary/aromatic N) is 1. The van der Waals surface area contributed by atoms with Crippen LogP contribution < -0.4 is 0 Å². The normalized spacial score (nSPS) is 15.0. The molecule has 1 aliphatic heterocycles. The molecule has 3 aromatic carbocycles. The molecule has 0 bridgehead atoms. The second-order valence-corrected chi connectivity index (χ2v) is 6.56. The van der Waals surface area contributed by atoms with Crippen LogP contribution in [0.15, 0.2) is 107 Å². The maximum atomic E-state index is 10.1. The summed E-state index contributed by atoms with van der Waals surface area (Å²) in [7, 11) is -1.03. The fraction of sp³-hybridized carbons (Fsp3) is 0.0455. The van der Waals surface area contributed by atoms with Gasteiger partial charge in [0.2, 0.25) is 0 Å². The summed E-state index contributed by atoms with van der Waals surface area (Å²) in [4.78, 5) is 0. The number of hydrogen-bond donors (Lipinski definition) is 0. The summed E-state index contributed by atoms with van der Waals surface area (Å²) in [5, 5.41) is 1.53. The maximum Gasteiger partial charge on any atom is 0.165 e. The van der Waals surface area contributed by atoms with E-state index in [-0.39, 0.29) is 0 Å². The van der Waals surface area contributed by atoms with Crippen molar-refractivity contribution in [2.24, 2.45) is 4.40 Å². The molecule has 0 aromatic heterocycles. The summed E-state index contributed by atoms with van der Waals surface area (Å²) in [6.07, 6.45) is 3.19. The van der Waals surface area contributed by atoms with Crippen LogP contribution in [-0.2, 0) is 11.0 Å². The van der Waals surface area contributed by atoms with Crippen molar-refractivity contribution >= 4 is 17.2 Å². The monoisotopic (exact) mass is 345 g/mol. The van der Waals surface area contributed by atoms with Gasteiger partial charge in [-0.3, -0.25) is 0 Å². The highest BCUT2D eigenvalue weighted by atomic mass is 32.2. The molecule has 1 heterocycles. The van der Waals surface area contributed by atoms with Crippen molar-refractivity contribution in [2.75, 3.05) is 0 Å². The molecular weight excluding hydrogens is 326 g/mol. The smallest absolute Gasteiger partial charge is 0.165 e. The quantitative estimate of drug-likeness (QED) is 0.606. The minimum absolute atomic E-state index is 0.309. The van der Waals surface area contributed by atoms with Crippen LogP contribution in [0.3, 0.4) is 0 Å². The molecule has 0 amide bonds. The molecule has 3 aromatic rings. The van der Waals surface area contributed by atoms with E-state index in [1.165, 1.54) is 28.3 Å². The first-order valence-corrected chi connectivity index (χ1v) is 9.28. The molecule has 0 saturated heterocycles. The second-order valence-electron chi connectivity index (χ2n) is 5.52. The van der Waals surface area contributed by atoms with Gasteiger partial charge in [-0.05, 0) is 22.8 Å². The van der Waals surface area contributed by atoms with Crippen LogP contribution in [-0.4, -0.2) is 10.4 Å². The van der Waals surface area contributed by atoms with Crippen LogP contribution in [0, 0.1) is 0 Å². The molecule has 0 N–H and O–H groups in total. The molecule has 0 spiro atoms. The Morgan fingerprint density at radius 1 is 0.640 bits per heavy atom. The number of rotatable bonds is 3. The van der Waals surface area contributed by atoms with Crippen molar-refractivity contribution in [3.05, 3.63) is 119 Å². The predicted molar refractivity (Wildman–Crippen MR) is 106 cm³/mol. The van der Waals surface area contributed by atoms with Crippen molar-refractivity contribution in [1.29, 1.82) is 0 Å². The molecule has 2 nitrogen and oxygen atoms in total. The van der Waals surface area contributed by atoms with Crippen LogP contribution in [0.25, 0.3) is 0 Å². The molecule has 0 radical (unpaired) electrons. The molecule has 124 valence electrons. The summed E-state index contributed by atoms with van der Waals surface area (Å²) in [6.45, 7) is 0. The highest BCUT2D eigenvalue weighted by Gasteiger charge is 2.15. The van der Waals surface area contributed by atoms with E-state index in [1.807, 2.05) is 0 Å². The Morgan fingerprint density at radius 3 is 1.28 bits per heavy atom. The van der Waals surface area contributed by atoms with Crippen LogP contribution in [0.4, 0.5) is 0 Å². The summed E-state index contributed by atoms with van der Waals surface area (Å²) in [5.41, 5.74) is 4.00. The minimum Gasteiger partial charge on any atom is -0.230 e. The highest BCUT2D eigenvalue weighted by Crippen LogP contribution is 2.31. The Balaban J connectivity index is 0.000000258. The van der Waals surface area contributed by atoms with E-state index in [4.69, 9.17) is 0 Å². The lowest BCUT2D eigenvalue weighted by Crippen LogP contribution is -2.02. The molecule has 0 aliphatic carbocycles. The minimum atomic E-state index is -1.03. The van der Waals surface area contributed by atoms with E-state index in [1.54, 1.807) is 6.08 Å². The number of benzene rings is 3. The van der Waals surface area contributed by atoms with Gasteiger partial charge in [0, 0.05) is 17.5 Å². The average molecular weight is 345 g/mol. The van der Waals surface area contributed by atoms with Gasteiger partial charge in [0.05, 0.1) is 0 Å². The molecule has 3 heteroatoms. The maximum absolute atomic E-state index is 10.1. The first kappa shape index (κ1) is 17.1. The van der Waals surface area contributed by atoms with E-state index in [0.29, 0.717) is 5.92 Å². The molecule has 4 rings (SSSR count). The van der Waals surface area contributed by atoms with E-state index in [9.17, 15) is 4.21 Å². The van der Waals surface area contributed by atoms with Crippen LogP contribution >= 0.6 is 0 Å². The van der Waals surface area contributed by atoms with Gasteiger partial charge in [-0.2, -0.15) is 4.40 Å². The van der Waals surface area contributed by atoms with Crippen molar-refractivity contribution in [3.8, 4) is 0 Å². The fourth-order valence-corrected chi connectivity index (χ4v) is 3.21. The summed E-state index contributed by atoms with van der Waals surface area (Å²) in [5.74, 6) is 0.309. The van der Waals surface area contributed by atoms with Gasteiger partial charge in [-0.15, -0.1) is 0 Å². The summed E-state index contributed by atoms with van der Waals surface area (Å²) in [6, 6.07) is 32.0. The van der Waals surface area contributed by atoms with Crippen molar-refractivity contribution < 1.29 is 4.21 Å². The summed E-state index contributed by atoms with van der Waals surface area (Å²) < 4.78 is 13.5. The van der Waals surface area contributed by atoms with Crippen molar-refractivity contribution in [3.63, 3.8) is 0 Å². The lowest BCUT2D eigenvalue weighted by atomic mass is 9.85. The zero-order valence-corrected chi connectivity index (χ0v) is 14.5. The molecule has 25 heavy (non-hydrogen) atoms. The van der Waals surface area contributed by atoms with Gasteiger partial charge in [0.1, 0.15) is 0 Å². The first-order valence-electron chi connectivity index (χ1n) is 8.11.